The van der Waals surface area contributed by atoms with E-state index in [1.54, 1.807) is 19.3 Å². The van der Waals surface area contributed by atoms with Crippen LogP contribution in [0.1, 0.15) is 29.8 Å². The van der Waals surface area contributed by atoms with E-state index in [-0.39, 0.29) is 11.8 Å². The molecular formula is C15H22N4O2. The average Bonchev–Trinajstić information content (AvgIpc) is 2.70. The number of hydrogen-bond donors (Lipinski definition) is 1. The summed E-state index contributed by atoms with van der Waals surface area (Å²) in [6, 6.07) is 3.17. The van der Waals surface area contributed by atoms with Crippen LogP contribution in [0.4, 0.5) is 5.69 Å². The van der Waals surface area contributed by atoms with Crippen LogP contribution in [0.15, 0.2) is 18.3 Å². The molecule has 21 heavy (non-hydrogen) atoms. The third-order valence-corrected chi connectivity index (χ3v) is 3.77. The van der Waals surface area contributed by atoms with Crippen molar-refractivity contribution in [3.05, 3.63) is 24.0 Å². The summed E-state index contributed by atoms with van der Waals surface area (Å²) in [5, 5.41) is 2.85. The van der Waals surface area contributed by atoms with E-state index in [9.17, 15) is 9.59 Å². The molecule has 1 saturated heterocycles. The summed E-state index contributed by atoms with van der Waals surface area (Å²) >= 11 is 0. The first-order chi connectivity index (χ1) is 10.0. The molecule has 0 bridgehead atoms. The molecule has 1 fully saturated rings. The normalized spacial score (nSPS) is 18.6. The molecule has 0 spiro atoms. The van der Waals surface area contributed by atoms with Gasteiger partial charge in [0.15, 0.2) is 0 Å². The highest BCUT2D eigenvalue weighted by Gasteiger charge is 2.29. The quantitative estimate of drug-likeness (QED) is 0.898. The molecule has 2 amide bonds. The monoisotopic (exact) mass is 290 g/mol. The standard InChI is InChI=1S/C15H22N4O2/c1-18(2)11-7-9-16-12(10-11)15(21)19(3)13-6-4-5-8-17-14(13)20/h7,9-10,13H,4-6,8H2,1-3H3,(H,17,20). The van der Waals surface area contributed by atoms with Crippen molar-refractivity contribution < 1.29 is 9.59 Å². The maximum absolute atomic E-state index is 12.5. The molecule has 0 saturated carbocycles. The number of carbonyl (C=O) groups is 2. The first-order valence-electron chi connectivity index (χ1n) is 7.19. The van der Waals surface area contributed by atoms with Gasteiger partial charge in [-0.1, -0.05) is 0 Å². The van der Waals surface area contributed by atoms with Crippen molar-refractivity contribution in [3.8, 4) is 0 Å². The number of nitrogens with one attached hydrogen (secondary N) is 1. The molecule has 1 atom stereocenters. The van der Waals surface area contributed by atoms with Crippen LogP contribution in [-0.2, 0) is 4.79 Å². The predicted molar refractivity (Wildman–Crippen MR) is 81.3 cm³/mol. The molecule has 0 radical (unpaired) electrons. The highest BCUT2D eigenvalue weighted by molar-refractivity contribution is 5.96. The van der Waals surface area contributed by atoms with Crippen LogP contribution in [-0.4, -0.2) is 55.4 Å². The van der Waals surface area contributed by atoms with Gasteiger partial charge in [0, 0.05) is 39.6 Å². The molecule has 1 aromatic heterocycles. The molecule has 1 N–H and O–H groups in total. The third-order valence-electron chi connectivity index (χ3n) is 3.77. The lowest BCUT2D eigenvalue weighted by atomic mass is 10.1. The summed E-state index contributed by atoms with van der Waals surface area (Å²) < 4.78 is 0. The van der Waals surface area contributed by atoms with Gasteiger partial charge >= 0.3 is 0 Å². The number of pyridine rings is 1. The third kappa shape index (κ3) is 3.51. The van der Waals surface area contributed by atoms with Crippen LogP contribution in [0.5, 0.6) is 0 Å². The zero-order chi connectivity index (χ0) is 15.4. The van der Waals surface area contributed by atoms with Crippen molar-refractivity contribution in [1.82, 2.24) is 15.2 Å². The highest BCUT2D eigenvalue weighted by Crippen LogP contribution is 2.16. The zero-order valence-electron chi connectivity index (χ0n) is 12.8. The molecular weight excluding hydrogens is 268 g/mol. The molecule has 2 rings (SSSR count). The van der Waals surface area contributed by atoms with E-state index in [0.29, 0.717) is 18.7 Å². The Morgan fingerprint density at radius 3 is 2.81 bits per heavy atom. The van der Waals surface area contributed by atoms with Crippen molar-refractivity contribution in [3.63, 3.8) is 0 Å². The van der Waals surface area contributed by atoms with Gasteiger partial charge < -0.3 is 15.1 Å². The molecule has 1 aromatic rings. The largest absolute Gasteiger partial charge is 0.378 e. The van der Waals surface area contributed by atoms with Gasteiger partial charge in [-0.15, -0.1) is 0 Å². The minimum absolute atomic E-state index is 0.0767. The summed E-state index contributed by atoms with van der Waals surface area (Å²) in [6.07, 6.45) is 4.20. The van der Waals surface area contributed by atoms with Gasteiger partial charge in [0.2, 0.25) is 5.91 Å². The lowest BCUT2D eigenvalue weighted by molar-refractivity contribution is -0.125. The zero-order valence-corrected chi connectivity index (χ0v) is 12.8. The van der Waals surface area contributed by atoms with Crippen molar-refractivity contribution in [2.45, 2.75) is 25.3 Å². The second-order valence-electron chi connectivity index (χ2n) is 5.51. The van der Waals surface area contributed by atoms with Crippen molar-refractivity contribution in [2.75, 3.05) is 32.6 Å². The van der Waals surface area contributed by atoms with Gasteiger partial charge in [-0.25, -0.2) is 0 Å². The fourth-order valence-electron chi connectivity index (χ4n) is 2.43. The Bertz CT molecular complexity index is 530. The fraction of sp³-hybridized carbons (Fsp3) is 0.533. The minimum atomic E-state index is -0.412. The van der Waals surface area contributed by atoms with E-state index in [4.69, 9.17) is 0 Å². The Balaban J connectivity index is 2.18. The second-order valence-corrected chi connectivity index (χ2v) is 5.51. The molecule has 6 heteroatoms. The molecule has 0 aromatic carbocycles. The van der Waals surface area contributed by atoms with E-state index in [0.717, 1.165) is 18.5 Å². The smallest absolute Gasteiger partial charge is 0.272 e. The molecule has 1 unspecified atom stereocenters. The summed E-state index contributed by atoms with van der Waals surface area (Å²) in [7, 11) is 5.49. The lowest BCUT2D eigenvalue weighted by Crippen LogP contribution is -2.46. The summed E-state index contributed by atoms with van der Waals surface area (Å²) in [5.74, 6) is -0.298. The average molecular weight is 290 g/mol. The molecule has 1 aliphatic rings. The predicted octanol–water partition coefficient (Wildman–Crippen LogP) is 0.888. The van der Waals surface area contributed by atoms with Crippen LogP contribution in [0.2, 0.25) is 0 Å². The fourth-order valence-corrected chi connectivity index (χ4v) is 2.43. The molecule has 2 heterocycles. The maximum atomic E-state index is 12.5. The van der Waals surface area contributed by atoms with Gasteiger partial charge in [0.1, 0.15) is 11.7 Å². The molecule has 6 nitrogen and oxygen atoms in total. The van der Waals surface area contributed by atoms with Crippen molar-refractivity contribution in [1.29, 1.82) is 0 Å². The second kappa shape index (κ2) is 6.56. The van der Waals surface area contributed by atoms with Crippen molar-refractivity contribution in [2.24, 2.45) is 0 Å². The minimum Gasteiger partial charge on any atom is -0.378 e. The Labute approximate surface area is 125 Å². The number of likely N-dealkylation sites (N-methyl/N-ethyl adjacent to an activating group) is 1. The number of anilines is 1. The number of carbonyl (C=O) groups excluding carboxylic acids is 2. The van der Waals surface area contributed by atoms with Crippen LogP contribution >= 0.6 is 0 Å². The van der Waals surface area contributed by atoms with E-state index in [1.807, 2.05) is 25.1 Å². The molecule has 0 aliphatic carbocycles. The maximum Gasteiger partial charge on any atom is 0.272 e. The number of nitrogens with zero attached hydrogens (tertiary/aromatic N) is 3. The van der Waals surface area contributed by atoms with Crippen LogP contribution in [0.25, 0.3) is 0 Å². The summed E-state index contributed by atoms with van der Waals surface area (Å²) in [4.78, 5) is 32.1. The molecule has 1 aliphatic heterocycles. The summed E-state index contributed by atoms with van der Waals surface area (Å²) in [5.41, 5.74) is 1.27. The van der Waals surface area contributed by atoms with Gasteiger partial charge in [-0.3, -0.25) is 14.6 Å². The van der Waals surface area contributed by atoms with Crippen LogP contribution in [0, 0.1) is 0 Å². The van der Waals surface area contributed by atoms with Gasteiger partial charge in [-0.2, -0.15) is 0 Å². The first kappa shape index (κ1) is 15.3. The van der Waals surface area contributed by atoms with Crippen molar-refractivity contribution >= 4 is 17.5 Å². The number of rotatable bonds is 3. The molecule has 114 valence electrons. The van der Waals surface area contributed by atoms with Gasteiger partial charge in [0.25, 0.3) is 5.91 Å². The van der Waals surface area contributed by atoms with E-state index >= 15 is 0 Å². The van der Waals surface area contributed by atoms with Gasteiger partial charge in [-0.05, 0) is 31.4 Å². The number of amides is 2. The number of aromatic nitrogens is 1. The lowest BCUT2D eigenvalue weighted by Gasteiger charge is -2.25. The van der Waals surface area contributed by atoms with Crippen LogP contribution in [0.3, 0.4) is 0 Å². The van der Waals surface area contributed by atoms with E-state index in [1.165, 1.54) is 4.90 Å². The van der Waals surface area contributed by atoms with E-state index in [2.05, 4.69) is 10.3 Å². The topological polar surface area (TPSA) is 65.5 Å². The number of hydrogen-bond acceptors (Lipinski definition) is 4. The summed E-state index contributed by atoms with van der Waals surface area (Å²) in [6.45, 7) is 0.686. The Kier molecular flexibility index (Phi) is 4.77. The van der Waals surface area contributed by atoms with Crippen LogP contribution < -0.4 is 10.2 Å². The SMILES string of the molecule is CN(C)c1ccnc(C(=O)N(C)C2CCCCNC2=O)c1. The Hall–Kier alpha value is -2.11. The Morgan fingerprint density at radius 1 is 1.33 bits per heavy atom. The first-order valence-corrected chi connectivity index (χ1v) is 7.19. The van der Waals surface area contributed by atoms with E-state index < -0.39 is 6.04 Å². The highest BCUT2D eigenvalue weighted by atomic mass is 16.2. The van der Waals surface area contributed by atoms with Gasteiger partial charge in [0.05, 0.1) is 0 Å². The Morgan fingerprint density at radius 2 is 2.10 bits per heavy atom.